The summed E-state index contributed by atoms with van der Waals surface area (Å²) < 4.78 is 0. The molecule has 0 radical (unpaired) electrons. The molecule has 0 aromatic rings. The predicted molar refractivity (Wildman–Crippen MR) is 16.7 cm³/mol. The molecular formula is H10Na2O4. The monoisotopic (exact) mass is 120 g/mol. The zero-order chi connectivity index (χ0) is 0. The third-order valence-electron chi connectivity index (χ3n) is 0. The first-order valence-electron chi connectivity index (χ1n) is 0. The second-order valence-corrected chi connectivity index (χ2v) is 0. The fourth-order valence-corrected chi connectivity index (χ4v) is 0. The molecule has 0 saturated carbocycles. The molecule has 0 aromatic carbocycles. The van der Waals surface area contributed by atoms with E-state index >= 15 is 0 Å². The molecule has 0 heterocycles. The molecule has 0 aliphatic carbocycles. The van der Waals surface area contributed by atoms with Crippen molar-refractivity contribution in [1.82, 2.24) is 0 Å². The van der Waals surface area contributed by atoms with Crippen molar-refractivity contribution >= 4 is 0 Å². The largest absolute Gasteiger partial charge is 1.00 e. The summed E-state index contributed by atoms with van der Waals surface area (Å²) in [4.78, 5) is 0. The van der Waals surface area contributed by atoms with Crippen LogP contribution in [0.15, 0.2) is 0 Å². The van der Waals surface area contributed by atoms with E-state index in [0.29, 0.717) is 0 Å². The van der Waals surface area contributed by atoms with Gasteiger partial charge in [-0.25, -0.2) is 0 Å². The van der Waals surface area contributed by atoms with Gasteiger partial charge in [0, 0.05) is 0 Å². The first kappa shape index (κ1) is 108. The molecule has 0 aromatic heterocycles. The normalized spacial score (nSPS) is 0. The minimum atomic E-state index is 0. The summed E-state index contributed by atoms with van der Waals surface area (Å²) in [6, 6.07) is 0. The minimum absolute atomic E-state index is 0. The molecule has 0 fully saturated rings. The van der Waals surface area contributed by atoms with Crippen molar-refractivity contribution < 1.29 is 83.9 Å². The summed E-state index contributed by atoms with van der Waals surface area (Å²) in [5.74, 6) is 0. The zero-order valence-electron chi connectivity index (χ0n) is 6.00. The van der Waals surface area contributed by atoms with E-state index < -0.39 is 0 Å². The van der Waals surface area contributed by atoms with Crippen LogP contribution in [0.25, 0.3) is 0 Å². The molecule has 6 heteroatoms. The fraction of sp³-hybridized carbons (Fsp3) is 0. The van der Waals surface area contributed by atoms with Crippen LogP contribution in [0.2, 0.25) is 0 Å². The number of hydrogen-bond acceptors (Lipinski definition) is 0. The third kappa shape index (κ3) is 40.4. The Morgan fingerprint density at radius 3 is 0.500 bits per heavy atom. The Labute approximate surface area is 83.1 Å². The third-order valence-corrected chi connectivity index (χ3v) is 0. The maximum atomic E-state index is 0. The summed E-state index contributed by atoms with van der Waals surface area (Å²) in [5.41, 5.74) is 0. The van der Waals surface area contributed by atoms with Crippen LogP contribution in [0.5, 0.6) is 0 Å². The summed E-state index contributed by atoms with van der Waals surface area (Å²) in [6.45, 7) is 0. The van der Waals surface area contributed by atoms with Crippen LogP contribution in [0, 0.1) is 0 Å². The molecule has 0 aliphatic heterocycles. The molecule has 0 spiro atoms. The van der Waals surface area contributed by atoms with Gasteiger partial charge in [-0.05, 0) is 0 Å². The van der Waals surface area contributed by atoms with Gasteiger partial charge in [0.25, 0.3) is 0 Å². The molecule has 0 aliphatic rings. The van der Waals surface area contributed by atoms with Crippen LogP contribution in [0.4, 0.5) is 0 Å². The molecule has 0 bridgehead atoms. The van der Waals surface area contributed by atoms with Crippen molar-refractivity contribution in [2.45, 2.75) is 0 Å². The Bertz CT molecular complexity index is 12.0. The van der Waals surface area contributed by atoms with Crippen LogP contribution >= 0.6 is 0 Å². The van der Waals surface area contributed by atoms with Gasteiger partial charge in [0.05, 0.1) is 0 Å². The SMILES string of the molecule is O.O.O.O.[H-].[H-].[Na+].[Na+]. The summed E-state index contributed by atoms with van der Waals surface area (Å²) in [6.07, 6.45) is 0. The average molecular weight is 120 g/mol. The van der Waals surface area contributed by atoms with Crippen molar-refractivity contribution in [1.29, 1.82) is 0 Å². The molecule has 0 unspecified atom stereocenters. The van der Waals surface area contributed by atoms with Crippen molar-refractivity contribution in [2.24, 2.45) is 0 Å². The van der Waals surface area contributed by atoms with E-state index in [4.69, 9.17) is 0 Å². The Balaban J connectivity index is 0. The molecule has 6 heavy (non-hydrogen) atoms. The molecule has 4 nitrogen and oxygen atoms in total. The minimum Gasteiger partial charge on any atom is -1.00 e. The van der Waals surface area contributed by atoms with Gasteiger partial charge >= 0.3 is 59.1 Å². The van der Waals surface area contributed by atoms with Crippen molar-refractivity contribution in [3.05, 3.63) is 0 Å². The van der Waals surface area contributed by atoms with Crippen molar-refractivity contribution in [3.8, 4) is 0 Å². The van der Waals surface area contributed by atoms with E-state index in [9.17, 15) is 0 Å². The molecular weight excluding hydrogens is 110 g/mol. The van der Waals surface area contributed by atoms with Gasteiger partial charge in [-0.1, -0.05) is 0 Å². The summed E-state index contributed by atoms with van der Waals surface area (Å²) in [7, 11) is 0. The predicted octanol–water partition coefficient (Wildman–Crippen LogP) is -9.07. The van der Waals surface area contributed by atoms with Crippen LogP contribution in [-0.4, -0.2) is 21.9 Å². The van der Waals surface area contributed by atoms with Crippen molar-refractivity contribution in [2.75, 3.05) is 0 Å². The smallest absolute Gasteiger partial charge is 1.00 e. The van der Waals surface area contributed by atoms with E-state index in [-0.39, 0.29) is 83.9 Å². The van der Waals surface area contributed by atoms with E-state index in [1.165, 1.54) is 0 Å². The van der Waals surface area contributed by atoms with E-state index in [1.54, 1.807) is 0 Å². The topological polar surface area (TPSA) is 126 Å². The Hall–Kier alpha value is 1.84. The van der Waals surface area contributed by atoms with Crippen LogP contribution in [0.3, 0.4) is 0 Å². The summed E-state index contributed by atoms with van der Waals surface area (Å²) in [5, 5.41) is 0. The molecule has 8 N–H and O–H groups in total. The Morgan fingerprint density at radius 1 is 0.500 bits per heavy atom. The standard InChI is InChI=1S/2Na.4H2O.2H/h;;4*1H2;;/q2*+1;;;;;2*-1. The number of hydrogen-bond donors (Lipinski definition) is 0. The Morgan fingerprint density at radius 2 is 0.500 bits per heavy atom. The number of rotatable bonds is 0. The molecule has 36 valence electrons. The Kier molecular flexibility index (Phi) is 1240. The van der Waals surface area contributed by atoms with Crippen molar-refractivity contribution in [3.63, 3.8) is 0 Å². The summed E-state index contributed by atoms with van der Waals surface area (Å²) >= 11 is 0. The quantitative estimate of drug-likeness (QED) is 0.281. The second kappa shape index (κ2) is 68.9. The van der Waals surface area contributed by atoms with E-state index in [2.05, 4.69) is 0 Å². The van der Waals surface area contributed by atoms with Gasteiger partial charge in [0.15, 0.2) is 0 Å². The molecule has 0 rings (SSSR count). The van der Waals surface area contributed by atoms with Gasteiger partial charge in [-0.15, -0.1) is 0 Å². The van der Waals surface area contributed by atoms with Gasteiger partial charge in [0.1, 0.15) is 0 Å². The van der Waals surface area contributed by atoms with Gasteiger partial charge in [0.2, 0.25) is 0 Å². The average Bonchev–Trinajstić information content (AvgIpc) is 0. The maximum Gasteiger partial charge on any atom is 1.00 e. The molecule has 0 amide bonds. The van der Waals surface area contributed by atoms with Gasteiger partial charge in [-0.2, -0.15) is 0 Å². The second-order valence-electron chi connectivity index (χ2n) is 0. The van der Waals surface area contributed by atoms with E-state index in [0.717, 1.165) is 0 Å². The first-order chi connectivity index (χ1) is 0. The first-order valence-corrected chi connectivity index (χ1v) is 0. The molecule has 0 atom stereocenters. The molecule has 0 saturated heterocycles. The van der Waals surface area contributed by atoms with E-state index in [1.807, 2.05) is 0 Å². The maximum absolute atomic E-state index is 0. The van der Waals surface area contributed by atoms with Crippen LogP contribution < -0.4 is 59.1 Å². The van der Waals surface area contributed by atoms with Crippen LogP contribution in [0.1, 0.15) is 2.85 Å². The zero-order valence-corrected chi connectivity index (χ0v) is 8.00. The van der Waals surface area contributed by atoms with Crippen LogP contribution in [-0.2, 0) is 0 Å². The van der Waals surface area contributed by atoms with Gasteiger partial charge < -0.3 is 24.8 Å². The fourth-order valence-electron chi connectivity index (χ4n) is 0. The van der Waals surface area contributed by atoms with Gasteiger partial charge in [-0.3, -0.25) is 0 Å².